The normalized spacial score (nSPS) is 20.1. The van der Waals surface area contributed by atoms with Gasteiger partial charge in [-0.05, 0) is 43.2 Å². The smallest absolute Gasteiger partial charge is 0.254 e. The molecule has 2 aliphatic rings. The molecule has 0 N–H and O–H groups in total. The molecule has 1 fully saturated rings. The standard InChI is InChI=1S/C19H22N6OS/c1-13-9-17(25-19(22-13)20-12-21-25)23-6-2-3-15(11-23)18(26)24-7-4-16-14(10-24)5-8-27-16/h5,8-9,12,15H,2-4,6-7,10-11H2,1H3. The molecule has 0 saturated carbocycles. The van der Waals surface area contributed by atoms with Crippen LogP contribution >= 0.6 is 11.3 Å². The van der Waals surface area contributed by atoms with Crippen LogP contribution in [0, 0.1) is 12.8 Å². The van der Waals surface area contributed by atoms with Gasteiger partial charge in [0.05, 0.1) is 5.92 Å². The van der Waals surface area contributed by atoms with Gasteiger partial charge in [0.15, 0.2) is 0 Å². The highest BCUT2D eigenvalue weighted by molar-refractivity contribution is 7.10. The number of fused-ring (bicyclic) bond motifs is 2. The number of carbonyl (C=O) groups is 1. The summed E-state index contributed by atoms with van der Waals surface area (Å²) < 4.78 is 1.78. The van der Waals surface area contributed by atoms with E-state index in [1.807, 2.05) is 29.2 Å². The minimum atomic E-state index is 0.0333. The first-order valence-electron chi connectivity index (χ1n) is 9.45. The van der Waals surface area contributed by atoms with Crippen LogP contribution in [-0.2, 0) is 17.8 Å². The lowest BCUT2D eigenvalue weighted by molar-refractivity contribution is -0.136. The first-order chi connectivity index (χ1) is 13.2. The van der Waals surface area contributed by atoms with Gasteiger partial charge in [-0.25, -0.2) is 4.98 Å². The molecule has 7 nitrogen and oxygen atoms in total. The van der Waals surface area contributed by atoms with Crippen molar-refractivity contribution in [3.63, 3.8) is 0 Å². The maximum absolute atomic E-state index is 13.2. The number of anilines is 1. The predicted octanol–water partition coefficient (Wildman–Crippen LogP) is 2.30. The van der Waals surface area contributed by atoms with Gasteiger partial charge >= 0.3 is 0 Å². The molecule has 3 aromatic rings. The second kappa shape index (κ2) is 6.60. The largest absolute Gasteiger partial charge is 0.356 e. The van der Waals surface area contributed by atoms with Crippen LogP contribution in [0.1, 0.15) is 29.0 Å². The summed E-state index contributed by atoms with van der Waals surface area (Å²) in [5.41, 5.74) is 2.24. The molecule has 5 rings (SSSR count). The minimum Gasteiger partial charge on any atom is -0.356 e. The van der Waals surface area contributed by atoms with Crippen LogP contribution in [0.25, 0.3) is 5.78 Å². The van der Waals surface area contributed by atoms with Gasteiger partial charge in [0.25, 0.3) is 5.78 Å². The van der Waals surface area contributed by atoms with E-state index in [1.165, 1.54) is 16.8 Å². The van der Waals surface area contributed by atoms with Crippen molar-refractivity contribution in [1.29, 1.82) is 0 Å². The summed E-state index contributed by atoms with van der Waals surface area (Å²) in [5.74, 6) is 1.91. The molecule has 0 aromatic carbocycles. The Bertz CT molecular complexity index is 995. The van der Waals surface area contributed by atoms with Gasteiger partial charge in [0, 0.05) is 42.8 Å². The van der Waals surface area contributed by atoms with Crippen molar-refractivity contribution in [2.45, 2.75) is 32.7 Å². The highest BCUT2D eigenvalue weighted by atomic mass is 32.1. The quantitative estimate of drug-likeness (QED) is 0.680. The molecule has 1 saturated heterocycles. The molecule has 0 spiro atoms. The van der Waals surface area contributed by atoms with Crippen LogP contribution in [0.4, 0.5) is 5.82 Å². The van der Waals surface area contributed by atoms with Crippen molar-refractivity contribution >= 4 is 28.8 Å². The molecule has 140 valence electrons. The number of thiophene rings is 1. The van der Waals surface area contributed by atoms with Gasteiger partial charge in [-0.15, -0.1) is 11.3 Å². The number of piperidine rings is 1. The van der Waals surface area contributed by atoms with Gasteiger partial charge in [-0.3, -0.25) is 4.79 Å². The van der Waals surface area contributed by atoms with Crippen molar-refractivity contribution < 1.29 is 4.79 Å². The van der Waals surface area contributed by atoms with Crippen LogP contribution in [-0.4, -0.2) is 50.0 Å². The Morgan fingerprint density at radius 2 is 2.26 bits per heavy atom. The number of aromatic nitrogens is 4. The first-order valence-corrected chi connectivity index (χ1v) is 10.3. The molecular weight excluding hydrogens is 360 g/mol. The van der Waals surface area contributed by atoms with Crippen molar-refractivity contribution in [1.82, 2.24) is 24.5 Å². The topological polar surface area (TPSA) is 66.6 Å². The number of carbonyl (C=O) groups excluding carboxylic acids is 1. The molecule has 8 heteroatoms. The molecule has 0 aliphatic carbocycles. The Morgan fingerprint density at radius 3 is 3.19 bits per heavy atom. The third-order valence-corrected chi connectivity index (χ3v) is 6.60. The zero-order chi connectivity index (χ0) is 18.4. The minimum absolute atomic E-state index is 0.0333. The molecular formula is C19H22N6OS. The van der Waals surface area contributed by atoms with Gasteiger partial charge in [-0.2, -0.15) is 14.6 Å². The van der Waals surface area contributed by atoms with Crippen LogP contribution in [0.2, 0.25) is 0 Å². The molecule has 2 aliphatic heterocycles. The monoisotopic (exact) mass is 382 g/mol. The highest BCUT2D eigenvalue weighted by Gasteiger charge is 2.32. The molecule has 1 atom stereocenters. The number of nitrogens with zero attached hydrogens (tertiary/aromatic N) is 6. The second-order valence-electron chi connectivity index (χ2n) is 7.39. The molecule has 5 heterocycles. The fraction of sp³-hybridized carbons (Fsp3) is 0.474. The van der Waals surface area contributed by atoms with Gasteiger partial charge in [0.1, 0.15) is 12.1 Å². The lowest BCUT2D eigenvalue weighted by atomic mass is 9.95. The average Bonchev–Trinajstić information content (AvgIpc) is 3.35. The molecule has 1 unspecified atom stereocenters. The van der Waals surface area contributed by atoms with E-state index in [2.05, 4.69) is 31.4 Å². The fourth-order valence-electron chi connectivity index (χ4n) is 4.22. The summed E-state index contributed by atoms with van der Waals surface area (Å²) in [5, 5.41) is 6.46. The van der Waals surface area contributed by atoms with Crippen LogP contribution < -0.4 is 4.90 Å². The van der Waals surface area contributed by atoms with Gasteiger partial charge in [0.2, 0.25) is 5.91 Å². The Kier molecular flexibility index (Phi) is 4.07. The van der Waals surface area contributed by atoms with Gasteiger partial charge in [-0.1, -0.05) is 0 Å². The van der Waals surface area contributed by atoms with E-state index in [4.69, 9.17) is 0 Å². The van der Waals surface area contributed by atoms with Crippen molar-refractivity contribution in [3.05, 3.63) is 40.0 Å². The predicted molar refractivity (Wildman–Crippen MR) is 104 cm³/mol. The maximum Gasteiger partial charge on any atom is 0.254 e. The number of hydrogen-bond donors (Lipinski definition) is 0. The van der Waals surface area contributed by atoms with Crippen LogP contribution in [0.5, 0.6) is 0 Å². The fourth-order valence-corrected chi connectivity index (χ4v) is 5.11. The summed E-state index contributed by atoms with van der Waals surface area (Å²) in [4.78, 5) is 27.6. The molecule has 1 amide bonds. The Labute approximate surface area is 161 Å². The van der Waals surface area contributed by atoms with E-state index >= 15 is 0 Å². The second-order valence-corrected chi connectivity index (χ2v) is 8.39. The number of amides is 1. The molecule has 0 radical (unpaired) electrons. The van der Waals surface area contributed by atoms with E-state index in [-0.39, 0.29) is 11.8 Å². The Hall–Kier alpha value is -2.48. The summed E-state index contributed by atoms with van der Waals surface area (Å²) in [6.45, 7) is 5.22. The van der Waals surface area contributed by atoms with Crippen molar-refractivity contribution in [2.75, 3.05) is 24.5 Å². The zero-order valence-electron chi connectivity index (χ0n) is 15.3. The van der Waals surface area contributed by atoms with Crippen LogP contribution in [0.15, 0.2) is 23.8 Å². The van der Waals surface area contributed by atoms with E-state index in [0.717, 1.165) is 57.0 Å². The molecule has 0 bridgehead atoms. The van der Waals surface area contributed by atoms with Crippen molar-refractivity contribution in [3.8, 4) is 0 Å². The SMILES string of the molecule is Cc1cc(N2CCCC(C(=O)N3CCc4sccc4C3)C2)n2ncnc2n1. The summed E-state index contributed by atoms with van der Waals surface area (Å²) in [6, 6.07) is 4.20. The van der Waals surface area contributed by atoms with E-state index < -0.39 is 0 Å². The zero-order valence-corrected chi connectivity index (χ0v) is 16.2. The average molecular weight is 382 g/mol. The number of aryl methyl sites for hydroxylation is 1. The first kappa shape index (κ1) is 16.7. The van der Waals surface area contributed by atoms with Crippen LogP contribution in [0.3, 0.4) is 0 Å². The maximum atomic E-state index is 13.2. The van der Waals surface area contributed by atoms with E-state index in [1.54, 1.807) is 4.52 Å². The third kappa shape index (κ3) is 2.97. The lowest BCUT2D eigenvalue weighted by Crippen LogP contribution is -2.46. The van der Waals surface area contributed by atoms with Crippen molar-refractivity contribution in [2.24, 2.45) is 5.92 Å². The number of rotatable bonds is 2. The Balaban J connectivity index is 1.36. The molecule has 27 heavy (non-hydrogen) atoms. The summed E-state index contributed by atoms with van der Waals surface area (Å²) in [7, 11) is 0. The van der Waals surface area contributed by atoms with Gasteiger partial charge < -0.3 is 9.80 Å². The molecule has 3 aromatic heterocycles. The van der Waals surface area contributed by atoms with E-state index in [0.29, 0.717) is 5.78 Å². The summed E-state index contributed by atoms with van der Waals surface area (Å²) in [6.07, 6.45) is 4.47. The lowest BCUT2D eigenvalue weighted by Gasteiger charge is -2.37. The van der Waals surface area contributed by atoms with E-state index in [9.17, 15) is 4.79 Å². The highest BCUT2D eigenvalue weighted by Crippen LogP contribution is 2.28. The summed E-state index contributed by atoms with van der Waals surface area (Å²) >= 11 is 1.81. The number of hydrogen-bond acceptors (Lipinski definition) is 6. The Morgan fingerprint density at radius 1 is 1.33 bits per heavy atom. The third-order valence-electron chi connectivity index (χ3n) is 5.58.